The summed E-state index contributed by atoms with van der Waals surface area (Å²) in [5.74, 6) is 0. The van der Waals surface area contributed by atoms with E-state index in [0.717, 1.165) is 0 Å². The fraction of sp³-hybridized carbons (Fsp3) is 1.00. The fourth-order valence-corrected chi connectivity index (χ4v) is 2.75. The summed E-state index contributed by atoms with van der Waals surface area (Å²) >= 11 is 0. The minimum absolute atomic E-state index is 0. The lowest BCUT2D eigenvalue weighted by Gasteiger charge is -2.36. The first-order valence-corrected chi connectivity index (χ1v) is 6.48. The van der Waals surface area contributed by atoms with E-state index in [-0.39, 0.29) is 16.3 Å². The van der Waals surface area contributed by atoms with Gasteiger partial charge in [-0.3, -0.25) is 0 Å². The average Bonchev–Trinajstić information content (AvgIpc) is 1.80. The highest BCUT2D eigenvalue weighted by molar-refractivity contribution is 7.58. The second-order valence-corrected chi connectivity index (χ2v) is 8.28. The van der Waals surface area contributed by atoms with Crippen molar-refractivity contribution >= 4 is 16.3 Å². The van der Waals surface area contributed by atoms with Crippen LogP contribution in [0.25, 0.3) is 0 Å². The molecule has 0 aromatic rings. The normalized spacial score (nSPS) is 15.0. The maximum Gasteiger partial charge on any atom is 0.0626 e. The van der Waals surface area contributed by atoms with Gasteiger partial charge in [-0.15, -0.1) is 0 Å². The van der Waals surface area contributed by atoms with Crippen molar-refractivity contribution in [2.45, 2.75) is 46.2 Å². The van der Waals surface area contributed by atoms with Crippen molar-refractivity contribution in [1.82, 2.24) is 0 Å². The third-order valence-corrected chi connectivity index (χ3v) is 4.86. The minimum atomic E-state index is -0.230. The zero-order valence-corrected chi connectivity index (χ0v) is 10.8. The van der Waals surface area contributed by atoms with Crippen LogP contribution in [0.3, 0.4) is 0 Å². The SMILES string of the molecule is C[P@@](CO)C(C)(C)CC(C)(C)C.[B]. The molecule has 0 amide bonds. The molecule has 0 saturated heterocycles. The minimum Gasteiger partial charge on any atom is -0.392 e. The summed E-state index contributed by atoms with van der Waals surface area (Å²) in [5.41, 5.74) is 0.370. The van der Waals surface area contributed by atoms with E-state index in [1.54, 1.807) is 0 Å². The van der Waals surface area contributed by atoms with Gasteiger partial charge in [-0.25, -0.2) is 0 Å². The monoisotopic (exact) mass is 201 g/mol. The molecule has 77 valence electrons. The van der Waals surface area contributed by atoms with Gasteiger partial charge in [0, 0.05) is 8.41 Å². The second kappa shape index (κ2) is 5.36. The Morgan fingerprint density at radius 1 is 1.08 bits per heavy atom. The molecule has 0 aliphatic rings. The van der Waals surface area contributed by atoms with Crippen molar-refractivity contribution in [2.75, 3.05) is 13.0 Å². The molecule has 0 bridgehead atoms. The Balaban J connectivity index is 0. The van der Waals surface area contributed by atoms with Crippen molar-refractivity contribution in [3.63, 3.8) is 0 Å². The number of hydrogen-bond acceptors (Lipinski definition) is 1. The molecule has 0 saturated carbocycles. The summed E-state index contributed by atoms with van der Waals surface area (Å²) in [6.45, 7) is 13.5. The Labute approximate surface area is 86.6 Å². The summed E-state index contributed by atoms with van der Waals surface area (Å²) in [6, 6.07) is 0. The van der Waals surface area contributed by atoms with Crippen LogP contribution in [-0.2, 0) is 0 Å². The first-order chi connectivity index (χ1) is 5.19. The summed E-state index contributed by atoms with van der Waals surface area (Å²) in [7, 11) is -0.230. The lowest BCUT2D eigenvalue weighted by atomic mass is 9.86. The van der Waals surface area contributed by atoms with Gasteiger partial charge in [0.15, 0.2) is 0 Å². The first-order valence-electron chi connectivity index (χ1n) is 4.51. The molecule has 0 heterocycles. The Kier molecular flexibility index (Phi) is 6.56. The van der Waals surface area contributed by atoms with Crippen LogP contribution in [0.5, 0.6) is 0 Å². The Hall–Kier alpha value is 0.455. The second-order valence-electron chi connectivity index (χ2n) is 5.39. The van der Waals surface area contributed by atoms with Gasteiger partial charge in [0.05, 0.1) is 6.35 Å². The predicted molar refractivity (Wildman–Crippen MR) is 63.8 cm³/mol. The molecule has 0 spiro atoms. The van der Waals surface area contributed by atoms with E-state index in [4.69, 9.17) is 5.11 Å². The Bertz CT molecular complexity index is 140. The molecular weight excluding hydrogens is 178 g/mol. The molecule has 0 aliphatic heterocycles. The van der Waals surface area contributed by atoms with E-state index in [0.29, 0.717) is 16.9 Å². The Morgan fingerprint density at radius 3 is 1.69 bits per heavy atom. The number of aliphatic hydroxyl groups excluding tert-OH is 1. The molecule has 0 fully saturated rings. The molecule has 1 N–H and O–H groups in total. The molecule has 13 heavy (non-hydrogen) atoms. The lowest BCUT2D eigenvalue weighted by Crippen LogP contribution is -2.25. The van der Waals surface area contributed by atoms with Crippen LogP contribution in [0.15, 0.2) is 0 Å². The van der Waals surface area contributed by atoms with Crippen LogP contribution in [-0.4, -0.2) is 31.7 Å². The maximum absolute atomic E-state index is 9.10. The van der Waals surface area contributed by atoms with Gasteiger partial charge in [-0.2, -0.15) is 0 Å². The summed E-state index contributed by atoms with van der Waals surface area (Å²) < 4.78 is 0. The zero-order chi connectivity index (χ0) is 9.99. The van der Waals surface area contributed by atoms with Crippen LogP contribution < -0.4 is 0 Å². The molecule has 0 aliphatic carbocycles. The molecule has 0 aromatic carbocycles. The van der Waals surface area contributed by atoms with Gasteiger partial charge < -0.3 is 5.11 Å². The lowest BCUT2D eigenvalue weighted by molar-refractivity contribution is 0.326. The predicted octanol–water partition coefficient (Wildman–Crippen LogP) is 2.88. The van der Waals surface area contributed by atoms with E-state index in [9.17, 15) is 0 Å². The van der Waals surface area contributed by atoms with Crippen LogP contribution in [0.1, 0.15) is 41.0 Å². The van der Waals surface area contributed by atoms with E-state index >= 15 is 0 Å². The van der Waals surface area contributed by atoms with Crippen LogP contribution in [0.4, 0.5) is 0 Å². The molecule has 1 atom stereocenters. The highest BCUT2D eigenvalue weighted by Crippen LogP contribution is 2.50. The number of rotatable bonds is 3. The average molecular weight is 201 g/mol. The molecule has 3 radical (unpaired) electrons. The van der Waals surface area contributed by atoms with E-state index in [2.05, 4.69) is 41.3 Å². The highest BCUT2D eigenvalue weighted by atomic mass is 31.1. The van der Waals surface area contributed by atoms with Crippen molar-refractivity contribution in [2.24, 2.45) is 5.41 Å². The summed E-state index contributed by atoms with van der Waals surface area (Å²) in [6.07, 6.45) is 1.54. The first kappa shape index (κ1) is 15.9. The van der Waals surface area contributed by atoms with Gasteiger partial charge in [0.2, 0.25) is 0 Å². The van der Waals surface area contributed by atoms with Gasteiger partial charge in [0.1, 0.15) is 0 Å². The van der Waals surface area contributed by atoms with Gasteiger partial charge >= 0.3 is 0 Å². The zero-order valence-electron chi connectivity index (χ0n) is 9.89. The van der Waals surface area contributed by atoms with Gasteiger partial charge in [-0.05, 0) is 23.7 Å². The van der Waals surface area contributed by atoms with Crippen LogP contribution in [0, 0.1) is 5.41 Å². The van der Waals surface area contributed by atoms with E-state index < -0.39 is 0 Å². The third kappa shape index (κ3) is 6.52. The van der Waals surface area contributed by atoms with E-state index in [1.807, 2.05) is 0 Å². The standard InChI is InChI=1S/C10H23OP.B/c1-9(2,3)7-10(4,5)12(6)8-11;/h11H,7-8H2,1-6H3;/t12-;/m0./s1. The molecule has 1 nitrogen and oxygen atoms in total. The van der Waals surface area contributed by atoms with Crippen LogP contribution in [0.2, 0.25) is 0 Å². The molecular formula is C10H23BOP. The molecule has 0 rings (SSSR count). The molecule has 3 heteroatoms. The quantitative estimate of drug-likeness (QED) is 0.549. The van der Waals surface area contributed by atoms with Gasteiger partial charge in [-0.1, -0.05) is 42.5 Å². The topological polar surface area (TPSA) is 20.2 Å². The summed E-state index contributed by atoms with van der Waals surface area (Å²) in [4.78, 5) is 0. The fourth-order valence-electron chi connectivity index (χ4n) is 1.62. The van der Waals surface area contributed by atoms with Crippen molar-refractivity contribution in [1.29, 1.82) is 0 Å². The Morgan fingerprint density at radius 2 is 1.46 bits per heavy atom. The smallest absolute Gasteiger partial charge is 0.0626 e. The third-order valence-electron chi connectivity index (χ3n) is 2.21. The van der Waals surface area contributed by atoms with Crippen LogP contribution >= 0.6 is 7.92 Å². The van der Waals surface area contributed by atoms with E-state index in [1.165, 1.54) is 6.42 Å². The maximum atomic E-state index is 9.10. The number of hydrogen-bond donors (Lipinski definition) is 1. The molecule has 0 unspecified atom stereocenters. The number of aliphatic hydroxyl groups is 1. The highest BCUT2D eigenvalue weighted by Gasteiger charge is 2.29. The largest absolute Gasteiger partial charge is 0.392 e. The van der Waals surface area contributed by atoms with Gasteiger partial charge in [0.25, 0.3) is 0 Å². The van der Waals surface area contributed by atoms with Crippen molar-refractivity contribution in [3.8, 4) is 0 Å². The summed E-state index contributed by atoms with van der Waals surface area (Å²) in [5, 5.41) is 9.40. The molecule has 0 aromatic heterocycles. The van der Waals surface area contributed by atoms with Crippen molar-refractivity contribution < 1.29 is 5.11 Å². The van der Waals surface area contributed by atoms with Crippen molar-refractivity contribution in [3.05, 3.63) is 0 Å².